The van der Waals surface area contributed by atoms with Crippen molar-refractivity contribution in [1.29, 1.82) is 0 Å². The summed E-state index contributed by atoms with van der Waals surface area (Å²) in [4.78, 5) is 31.7. The first kappa shape index (κ1) is 17.9. The number of para-hydroxylation sites is 1. The number of hydrogen-bond acceptors (Lipinski definition) is 3. The Labute approximate surface area is 171 Å². The molecule has 5 rings (SSSR count). The molecule has 0 radical (unpaired) electrons. The highest BCUT2D eigenvalue weighted by atomic mass is 16.4. The predicted octanol–water partition coefficient (Wildman–Crippen LogP) is 4.29. The largest absolute Gasteiger partial charge is 0.477 e. The molecule has 30 heavy (non-hydrogen) atoms. The highest BCUT2D eigenvalue weighted by Crippen LogP contribution is 2.24. The molecule has 3 aromatic heterocycles. The lowest BCUT2D eigenvalue weighted by molar-refractivity contribution is 0.0695. The third-order valence-electron chi connectivity index (χ3n) is 5.26. The molecular formula is C24H17N3O3. The topological polar surface area (TPSA) is 88.0 Å². The van der Waals surface area contributed by atoms with Crippen molar-refractivity contribution >= 4 is 27.8 Å². The van der Waals surface area contributed by atoms with E-state index in [0.29, 0.717) is 17.4 Å². The minimum atomic E-state index is -1.23. The normalized spacial score (nSPS) is 11.2. The van der Waals surface area contributed by atoms with Crippen molar-refractivity contribution in [3.63, 3.8) is 0 Å². The van der Waals surface area contributed by atoms with Crippen molar-refractivity contribution in [2.75, 3.05) is 0 Å². The molecule has 2 N–H and O–H groups in total. The summed E-state index contributed by atoms with van der Waals surface area (Å²) >= 11 is 0. The number of nitrogens with one attached hydrogen (secondary N) is 1. The molecular weight excluding hydrogens is 378 g/mol. The van der Waals surface area contributed by atoms with Gasteiger partial charge in [0.2, 0.25) is 5.43 Å². The second-order valence-electron chi connectivity index (χ2n) is 7.14. The lowest BCUT2D eigenvalue weighted by Crippen LogP contribution is -2.19. The molecule has 0 aliphatic carbocycles. The highest BCUT2D eigenvalue weighted by molar-refractivity contribution is 5.92. The molecule has 5 aromatic rings. The standard InChI is InChI=1S/C24H17N3O3/c28-23-19-3-1-2-4-22(19)27(14-20(23)24(29)30)13-18-7-5-17(12-26-18)15-6-8-21-16(11-15)9-10-25-21/h1-12,14,25H,13H2,(H,29,30). The van der Waals surface area contributed by atoms with Crippen LogP contribution in [-0.4, -0.2) is 25.6 Å². The van der Waals surface area contributed by atoms with Gasteiger partial charge in [0.15, 0.2) is 0 Å². The van der Waals surface area contributed by atoms with E-state index in [9.17, 15) is 14.7 Å². The zero-order valence-electron chi connectivity index (χ0n) is 15.9. The molecule has 0 unspecified atom stereocenters. The summed E-state index contributed by atoms with van der Waals surface area (Å²) in [7, 11) is 0. The van der Waals surface area contributed by atoms with E-state index in [2.05, 4.69) is 16.0 Å². The molecule has 0 saturated heterocycles. The van der Waals surface area contributed by atoms with Crippen molar-refractivity contribution in [3.8, 4) is 11.1 Å². The van der Waals surface area contributed by atoms with E-state index in [1.54, 1.807) is 16.7 Å². The number of carbonyl (C=O) groups is 1. The average Bonchev–Trinajstić information content (AvgIpc) is 3.24. The van der Waals surface area contributed by atoms with Gasteiger partial charge in [-0.3, -0.25) is 9.78 Å². The Hall–Kier alpha value is -4.19. The van der Waals surface area contributed by atoms with Crippen LogP contribution in [0.5, 0.6) is 0 Å². The fourth-order valence-electron chi connectivity index (χ4n) is 3.72. The van der Waals surface area contributed by atoms with Gasteiger partial charge in [-0.1, -0.05) is 24.3 Å². The molecule has 0 spiro atoms. The van der Waals surface area contributed by atoms with E-state index >= 15 is 0 Å². The molecule has 6 nitrogen and oxygen atoms in total. The molecule has 0 fully saturated rings. The van der Waals surface area contributed by atoms with E-state index in [1.807, 2.05) is 54.9 Å². The maximum absolute atomic E-state index is 12.4. The van der Waals surface area contributed by atoms with Gasteiger partial charge >= 0.3 is 5.97 Å². The fourth-order valence-corrected chi connectivity index (χ4v) is 3.72. The third kappa shape index (κ3) is 3.04. The number of rotatable bonds is 4. The van der Waals surface area contributed by atoms with Crippen molar-refractivity contribution < 1.29 is 9.90 Å². The Morgan fingerprint density at radius 3 is 2.67 bits per heavy atom. The molecule has 6 heteroatoms. The second-order valence-corrected chi connectivity index (χ2v) is 7.14. The first-order valence-corrected chi connectivity index (χ1v) is 9.48. The van der Waals surface area contributed by atoms with Gasteiger partial charge in [-0.05, 0) is 47.3 Å². The van der Waals surface area contributed by atoms with Crippen LogP contribution < -0.4 is 5.43 Å². The van der Waals surface area contributed by atoms with Crippen molar-refractivity contribution in [1.82, 2.24) is 14.5 Å². The third-order valence-corrected chi connectivity index (χ3v) is 5.26. The molecule has 2 aromatic carbocycles. The number of carboxylic acids is 1. The number of nitrogens with zero attached hydrogens (tertiary/aromatic N) is 2. The van der Waals surface area contributed by atoms with Crippen molar-refractivity contribution in [2.45, 2.75) is 6.54 Å². The Kier molecular flexibility index (Phi) is 4.17. The summed E-state index contributed by atoms with van der Waals surface area (Å²) in [5.41, 5.74) is 3.88. The number of hydrogen-bond donors (Lipinski definition) is 2. The number of aromatic nitrogens is 3. The number of H-pyrrole nitrogens is 1. The zero-order valence-corrected chi connectivity index (χ0v) is 15.9. The smallest absolute Gasteiger partial charge is 0.341 e. The Bertz CT molecular complexity index is 1460. The average molecular weight is 395 g/mol. The van der Waals surface area contributed by atoms with Gasteiger partial charge in [-0.2, -0.15) is 0 Å². The van der Waals surface area contributed by atoms with Gasteiger partial charge < -0.3 is 14.7 Å². The van der Waals surface area contributed by atoms with Gasteiger partial charge in [0.05, 0.1) is 17.8 Å². The van der Waals surface area contributed by atoms with E-state index < -0.39 is 11.4 Å². The minimum absolute atomic E-state index is 0.245. The summed E-state index contributed by atoms with van der Waals surface area (Å²) in [5, 5.41) is 10.9. The zero-order chi connectivity index (χ0) is 20.7. The van der Waals surface area contributed by atoms with E-state index in [-0.39, 0.29) is 5.56 Å². The maximum atomic E-state index is 12.4. The van der Waals surface area contributed by atoms with Crippen LogP contribution in [0.1, 0.15) is 16.1 Å². The van der Waals surface area contributed by atoms with E-state index in [4.69, 9.17) is 0 Å². The van der Waals surface area contributed by atoms with Crippen LogP contribution in [0, 0.1) is 0 Å². The lowest BCUT2D eigenvalue weighted by Gasteiger charge is -2.12. The summed E-state index contributed by atoms with van der Waals surface area (Å²) in [5.74, 6) is -1.23. The first-order valence-electron chi connectivity index (χ1n) is 9.48. The molecule has 3 heterocycles. The quantitative estimate of drug-likeness (QED) is 0.475. The van der Waals surface area contributed by atoms with Gasteiger partial charge in [0.1, 0.15) is 5.56 Å². The van der Waals surface area contributed by atoms with Crippen LogP contribution in [0.15, 0.2) is 84.0 Å². The predicted molar refractivity (Wildman–Crippen MR) is 116 cm³/mol. The van der Waals surface area contributed by atoms with Crippen LogP contribution >= 0.6 is 0 Å². The number of carboxylic acid groups (broad SMARTS) is 1. The highest BCUT2D eigenvalue weighted by Gasteiger charge is 2.14. The molecule has 0 bridgehead atoms. The van der Waals surface area contributed by atoms with Gasteiger partial charge in [0.25, 0.3) is 0 Å². The Morgan fingerprint density at radius 2 is 1.87 bits per heavy atom. The monoisotopic (exact) mass is 395 g/mol. The van der Waals surface area contributed by atoms with Crippen LogP contribution in [0.2, 0.25) is 0 Å². The van der Waals surface area contributed by atoms with Crippen LogP contribution in [0.4, 0.5) is 0 Å². The fraction of sp³-hybridized carbons (Fsp3) is 0.0417. The second kappa shape index (κ2) is 7.00. The molecule has 0 aliphatic rings. The Morgan fingerprint density at radius 1 is 1.03 bits per heavy atom. The van der Waals surface area contributed by atoms with Gasteiger partial charge in [0, 0.05) is 35.1 Å². The van der Waals surface area contributed by atoms with Crippen LogP contribution in [-0.2, 0) is 6.54 Å². The first-order chi connectivity index (χ1) is 14.6. The molecule has 0 saturated carbocycles. The van der Waals surface area contributed by atoms with Crippen LogP contribution in [0.25, 0.3) is 32.9 Å². The van der Waals surface area contributed by atoms with Gasteiger partial charge in [-0.15, -0.1) is 0 Å². The molecule has 0 atom stereocenters. The number of pyridine rings is 2. The molecule has 0 aliphatic heterocycles. The maximum Gasteiger partial charge on any atom is 0.341 e. The lowest BCUT2D eigenvalue weighted by atomic mass is 10.1. The summed E-state index contributed by atoms with van der Waals surface area (Å²) in [6, 6.07) is 19.2. The number of aromatic carboxylic acids is 1. The summed E-state index contributed by atoms with van der Waals surface area (Å²) in [6.07, 6.45) is 5.12. The van der Waals surface area contributed by atoms with Crippen molar-refractivity contribution in [3.05, 3.63) is 101 Å². The summed E-state index contributed by atoms with van der Waals surface area (Å²) < 4.78 is 1.76. The Balaban J connectivity index is 1.52. The van der Waals surface area contributed by atoms with Gasteiger partial charge in [-0.25, -0.2) is 4.79 Å². The number of benzene rings is 2. The molecule has 0 amide bonds. The number of fused-ring (bicyclic) bond motifs is 2. The number of aromatic amines is 1. The minimum Gasteiger partial charge on any atom is -0.477 e. The van der Waals surface area contributed by atoms with Crippen LogP contribution in [0.3, 0.4) is 0 Å². The summed E-state index contributed by atoms with van der Waals surface area (Å²) in [6.45, 7) is 0.359. The van der Waals surface area contributed by atoms with E-state index in [1.165, 1.54) is 6.20 Å². The van der Waals surface area contributed by atoms with E-state index in [0.717, 1.165) is 27.7 Å². The molecule has 146 valence electrons. The SMILES string of the molecule is O=C(O)c1cn(Cc2ccc(-c3ccc4[nH]ccc4c3)cn2)c2ccccc2c1=O. The van der Waals surface area contributed by atoms with Crippen molar-refractivity contribution in [2.24, 2.45) is 0 Å².